The molecular formula is C17H23N. The van der Waals surface area contributed by atoms with Gasteiger partial charge in [-0.15, -0.1) is 0 Å². The molecule has 1 aromatic rings. The Morgan fingerprint density at radius 3 is 2.11 bits per heavy atom. The van der Waals surface area contributed by atoms with Gasteiger partial charge in [-0.05, 0) is 40.9 Å². The molecule has 1 nitrogen and oxygen atoms in total. The Balaban J connectivity index is 2.48. The predicted molar refractivity (Wildman–Crippen MR) is 75.6 cm³/mol. The molecule has 1 atom stereocenters. The molecule has 0 aliphatic heterocycles. The number of rotatable bonds is 1. The third-order valence-electron chi connectivity index (χ3n) is 4.48. The van der Waals surface area contributed by atoms with Crippen LogP contribution in [0.25, 0.3) is 0 Å². The molecule has 0 N–H and O–H groups in total. The summed E-state index contributed by atoms with van der Waals surface area (Å²) < 4.78 is 0. The van der Waals surface area contributed by atoms with Crippen molar-refractivity contribution in [1.29, 1.82) is 5.26 Å². The lowest BCUT2D eigenvalue weighted by Crippen LogP contribution is -2.16. The second-order valence-electron chi connectivity index (χ2n) is 7.36. The first-order chi connectivity index (χ1) is 8.14. The summed E-state index contributed by atoms with van der Waals surface area (Å²) >= 11 is 0. The van der Waals surface area contributed by atoms with Crippen LogP contribution in [0, 0.1) is 23.7 Å². The lowest BCUT2D eigenvalue weighted by molar-refractivity contribution is 0.565. The van der Waals surface area contributed by atoms with E-state index in [0.717, 1.165) is 6.42 Å². The van der Waals surface area contributed by atoms with Gasteiger partial charge in [0.2, 0.25) is 0 Å². The van der Waals surface area contributed by atoms with Crippen LogP contribution in [0.15, 0.2) is 18.2 Å². The summed E-state index contributed by atoms with van der Waals surface area (Å²) in [5.41, 5.74) is 3.86. The third-order valence-corrected chi connectivity index (χ3v) is 4.48. The standard InChI is InChI=1S/C17H23N/c1-12-9-13(15(2,3)4)7-8-14(12)17(11-18)10-16(17,5)6/h7-9H,10H2,1-6H3. The fourth-order valence-electron chi connectivity index (χ4n) is 2.94. The van der Waals surface area contributed by atoms with Crippen molar-refractivity contribution in [3.05, 3.63) is 34.9 Å². The van der Waals surface area contributed by atoms with E-state index >= 15 is 0 Å². The molecule has 96 valence electrons. The lowest BCUT2D eigenvalue weighted by atomic mass is 9.81. The Bertz CT molecular complexity index is 526. The average Bonchev–Trinajstić information content (AvgIpc) is 2.80. The highest BCUT2D eigenvalue weighted by Gasteiger charge is 2.63. The summed E-state index contributed by atoms with van der Waals surface area (Å²) in [6, 6.07) is 9.18. The second kappa shape index (κ2) is 3.60. The van der Waals surface area contributed by atoms with Gasteiger partial charge in [0.25, 0.3) is 0 Å². The molecule has 0 bridgehead atoms. The van der Waals surface area contributed by atoms with Crippen LogP contribution in [0.4, 0.5) is 0 Å². The lowest BCUT2D eigenvalue weighted by Gasteiger charge is -2.22. The monoisotopic (exact) mass is 241 g/mol. The molecule has 1 aliphatic rings. The maximum atomic E-state index is 9.55. The molecule has 1 heteroatoms. The Morgan fingerprint density at radius 2 is 1.78 bits per heavy atom. The molecule has 0 amide bonds. The van der Waals surface area contributed by atoms with Crippen LogP contribution in [-0.4, -0.2) is 0 Å². The molecular weight excluding hydrogens is 218 g/mol. The van der Waals surface area contributed by atoms with Crippen molar-refractivity contribution in [2.24, 2.45) is 5.41 Å². The molecule has 0 spiro atoms. The molecule has 0 aromatic heterocycles. The first-order valence-corrected chi connectivity index (χ1v) is 6.67. The first-order valence-electron chi connectivity index (χ1n) is 6.67. The van der Waals surface area contributed by atoms with Crippen LogP contribution in [-0.2, 0) is 10.8 Å². The summed E-state index contributed by atoms with van der Waals surface area (Å²) in [7, 11) is 0. The SMILES string of the molecule is Cc1cc(C(C)(C)C)ccc1C1(C#N)CC1(C)C. The molecule has 1 unspecified atom stereocenters. The van der Waals surface area contributed by atoms with Crippen LogP contribution in [0.5, 0.6) is 0 Å². The van der Waals surface area contributed by atoms with Crippen LogP contribution in [0.3, 0.4) is 0 Å². The Kier molecular flexibility index (Phi) is 2.63. The summed E-state index contributed by atoms with van der Waals surface area (Å²) in [6.45, 7) is 13.2. The topological polar surface area (TPSA) is 23.8 Å². The molecule has 0 heterocycles. The molecule has 0 radical (unpaired) electrons. The number of aryl methyl sites for hydroxylation is 1. The number of hydrogen-bond acceptors (Lipinski definition) is 1. The van der Waals surface area contributed by atoms with Gasteiger partial charge in [0.15, 0.2) is 0 Å². The summed E-state index contributed by atoms with van der Waals surface area (Å²) in [5, 5.41) is 9.55. The zero-order valence-corrected chi connectivity index (χ0v) is 12.4. The van der Waals surface area contributed by atoms with Gasteiger partial charge in [-0.25, -0.2) is 0 Å². The Labute approximate surface area is 111 Å². The molecule has 18 heavy (non-hydrogen) atoms. The maximum Gasteiger partial charge on any atom is 0.0882 e. The molecule has 1 fully saturated rings. The van der Waals surface area contributed by atoms with E-state index < -0.39 is 0 Å². The van der Waals surface area contributed by atoms with Gasteiger partial charge in [-0.2, -0.15) is 5.26 Å². The van der Waals surface area contributed by atoms with Gasteiger partial charge >= 0.3 is 0 Å². The van der Waals surface area contributed by atoms with E-state index in [4.69, 9.17) is 0 Å². The first kappa shape index (κ1) is 13.1. The van der Waals surface area contributed by atoms with Crippen molar-refractivity contribution in [2.45, 2.75) is 58.8 Å². The van der Waals surface area contributed by atoms with E-state index in [1.807, 2.05) is 0 Å². The summed E-state index contributed by atoms with van der Waals surface area (Å²) in [4.78, 5) is 0. The molecule has 1 aliphatic carbocycles. The van der Waals surface area contributed by atoms with Gasteiger partial charge in [-0.3, -0.25) is 0 Å². The largest absolute Gasteiger partial charge is 0.197 e. The molecule has 2 rings (SSSR count). The van der Waals surface area contributed by atoms with Gasteiger partial charge in [0, 0.05) is 0 Å². The number of hydrogen-bond donors (Lipinski definition) is 0. The highest BCUT2D eigenvalue weighted by Crippen LogP contribution is 2.64. The molecule has 1 saturated carbocycles. The number of benzene rings is 1. The second-order valence-corrected chi connectivity index (χ2v) is 7.36. The normalized spacial score (nSPS) is 25.6. The Hall–Kier alpha value is -1.29. The molecule has 1 aromatic carbocycles. The van der Waals surface area contributed by atoms with Crippen molar-refractivity contribution < 1.29 is 0 Å². The zero-order valence-electron chi connectivity index (χ0n) is 12.4. The third kappa shape index (κ3) is 1.75. The quantitative estimate of drug-likeness (QED) is 0.711. The summed E-state index contributed by atoms with van der Waals surface area (Å²) in [5.74, 6) is 0. The smallest absolute Gasteiger partial charge is 0.0882 e. The van der Waals surface area contributed by atoms with Crippen molar-refractivity contribution in [3.63, 3.8) is 0 Å². The fraction of sp³-hybridized carbons (Fsp3) is 0.588. The van der Waals surface area contributed by atoms with Crippen molar-refractivity contribution in [1.82, 2.24) is 0 Å². The van der Waals surface area contributed by atoms with E-state index in [0.29, 0.717) is 0 Å². The number of nitriles is 1. The summed E-state index contributed by atoms with van der Waals surface area (Å²) in [6.07, 6.45) is 0.978. The minimum absolute atomic E-state index is 0.121. The minimum Gasteiger partial charge on any atom is -0.197 e. The van der Waals surface area contributed by atoms with Crippen LogP contribution >= 0.6 is 0 Å². The van der Waals surface area contributed by atoms with Gasteiger partial charge in [0.05, 0.1) is 11.5 Å². The highest BCUT2D eigenvalue weighted by atomic mass is 14.6. The van der Waals surface area contributed by atoms with Crippen molar-refractivity contribution in [3.8, 4) is 6.07 Å². The van der Waals surface area contributed by atoms with E-state index in [9.17, 15) is 5.26 Å². The van der Waals surface area contributed by atoms with Crippen LogP contribution < -0.4 is 0 Å². The fourth-order valence-corrected chi connectivity index (χ4v) is 2.94. The van der Waals surface area contributed by atoms with E-state index in [-0.39, 0.29) is 16.2 Å². The number of nitrogens with zero attached hydrogens (tertiary/aromatic N) is 1. The highest BCUT2D eigenvalue weighted by molar-refractivity contribution is 5.50. The van der Waals surface area contributed by atoms with Gasteiger partial charge < -0.3 is 0 Å². The Morgan fingerprint density at radius 1 is 1.22 bits per heavy atom. The molecule has 0 saturated heterocycles. The van der Waals surface area contributed by atoms with Crippen LogP contribution in [0.2, 0.25) is 0 Å². The van der Waals surface area contributed by atoms with Crippen molar-refractivity contribution in [2.75, 3.05) is 0 Å². The van der Waals surface area contributed by atoms with Crippen molar-refractivity contribution >= 4 is 0 Å². The van der Waals surface area contributed by atoms with E-state index in [1.165, 1.54) is 16.7 Å². The zero-order chi connectivity index (χ0) is 13.8. The average molecular weight is 241 g/mol. The van der Waals surface area contributed by atoms with E-state index in [1.54, 1.807) is 0 Å². The predicted octanol–water partition coefficient (Wildman–Crippen LogP) is 4.48. The van der Waals surface area contributed by atoms with Crippen LogP contribution in [0.1, 0.15) is 57.7 Å². The van der Waals surface area contributed by atoms with Gasteiger partial charge in [-0.1, -0.05) is 52.8 Å². The van der Waals surface area contributed by atoms with Gasteiger partial charge in [0.1, 0.15) is 0 Å². The minimum atomic E-state index is -0.256. The van der Waals surface area contributed by atoms with E-state index in [2.05, 4.69) is 65.8 Å². The maximum absolute atomic E-state index is 9.55.